The quantitative estimate of drug-likeness (QED) is 0.400. The Morgan fingerprint density at radius 3 is 2.68 bits per heavy atom. The number of carbonyl (C=O) groups excluding carboxylic acids is 2. The Morgan fingerprint density at radius 2 is 1.97 bits per heavy atom. The number of hydrogen-bond acceptors (Lipinski definition) is 6. The molecule has 0 radical (unpaired) electrons. The van der Waals surface area contributed by atoms with Gasteiger partial charge in [-0.15, -0.1) is 11.3 Å². The van der Waals surface area contributed by atoms with Gasteiger partial charge >= 0.3 is 5.97 Å². The van der Waals surface area contributed by atoms with Crippen LogP contribution in [0.4, 0.5) is 4.39 Å². The normalized spacial score (nSPS) is 12.0. The average Bonchev–Trinajstić information content (AvgIpc) is 3.44. The predicted octanol–water partition coefficient (Wildman–Crippen LogP) is 3.36. The fourth-order valence-corrected chi connectivity index (χ4v) is 3.93. The number of halogens is 1. The maximum Gasteiger partial charge on any atom is 0.330 e. The molecule has 31 heavy (non-hydrogen) atoms. The summed E-state index contributed by atoms with van der Waals surface area (Å²) in [6.45, 7) is -0.554. The molecule has 0 saturated carbocycles. The molecule has 0 aliphatic carbocycles. The van der Waals surface area contributed by atoms with E-state index < -0.39 is 24.5 Å². The van der Waals surface area contributed by atoms with E-state index in [1.165, 1.54) is 30.6 Å². The molecule has 3 aromatic heterocycles. The van der Waals surface area contributed by atoms with E-state index in [1.807, 2.05) is 17.5 Å². The van der Waals surface area contributed by atoms with E-state index in [9.17, 15) is 19.1 Å². The molecule has 4 rings (SSSR count). The lowest BCUT2D eigenvalue weighted by Crippen LogP contribution is -2.43. The van der Waals surface area contributed by atoms with Gasteiger partial charge in [0.2, 0.25) is 0 Å². The first-order valence-corrected chi connectivity index (χ1v) is 10.2. The third-order valence-corrected chi connectivity index (χ3v) is 5.68. The summed E-state index contributed by atoms with van der Waals surface area (Å²) in [5.41, 5.74) is 3.98. The van der Waals surface area contributed by atoms with Crippen molar-refractivity contribution >= 4 is 34.2 Å². The number of hydrogen-bond donors (Lipinski definition) is 3. The Balaban J connectivity index is 1.56. The second-order valence-electron chi connectivity index (χ2n) is 6.78. The number of methoxy groups -OCH3 is 1. The third-order valence-electron chi connectivity index (χ3n) is 4.76. The van der Waals surface area contributed by atoms with Crippen LogP contribution in [0.2, 0.25) is 0 Å². The lowest BCUT2D eigenvalue weighted by Gasteiger charge is -2.12. The smallest absolute Gasteiger partial charge is 0.330 e. The number of fused-ring (bicyclic) bond motifs is 1. The van der Waals surface area contributed by atoms with Crippen molar-refractivity contribution in [3.05, 3.63) is 64.7 Å². The number of pyridine rings is 1. The molecule has 0 spiro atoms. The number of nitrogens with one attached hydrogen (secondary N) is 2. The number of H-pyrrole nitrogens is 1. The van der Waals surface area contributed by atoms with E-state index in [-0.39, 0.29) is 5.82 Å². The van der Waals surface area contributed by atoms with Crippen LogP contribution in [0.3, 0.4) is 0 Å². The van der Waals surface area contributed by atoms with Gasteiger partial charge in [-0.1, -0.05) is 0 Å². The van der Waals surface area contributed by atoms with Gasteiger partial charge in [-0.3, -0.25) is 4.79 Å². The van der Waals surface area contributed by atoms with Gasteiger partial charge in [0.25, 0.3) is 5.91 Å². The fraction of sp³-hybridized carbons (Fsp3) is 0.136. The molecule has 0 aliphatic heterocycles. The fourth-order valence-electron chi connectivity index (χ4n) is 3.12. The maximum atomic E-state index is 13.2. The van der Waals surface area contributed by atoms with Gasteiger partial charge in [0.15, 0.2) is 6.04 Å². The summed E-state index contributed by atoms with van der Waals surface area (Å²) in [5, 5.41) is 14.4. The molecule has 0 saturated heterocycles. The number of nitrogens with zero attached hydrogens (tertiary/aromatic N) is 1. The number of amides is 1. The minimum absolute atomic E-state index is 0.297. The molecule has 1 amide bonds. The number of aliphatic hydroxyl groups excluding tert-OH is 1. The second kappa shape index (κ2) is 8.66. The highest BCUT2D eigenvalue weighted by Crippen LogP contribution is 2.29. The standard InChI is InChI=1S/C22H18FN3O4S/c1-30-22(29)18(10-27)26-21(28)19-8-15(11-31-19)14-6-13-7-17(25-20(13)24-9-14)12-2-4-16(23)5-3-12/h2-9,11,18,27H,10H2,1H3,(H,24,25)(H,26,28)/t18-/m1/s1. The van der Waals surface area contributed by atoms with E-state index in [0.29, 0.717) is 10.5 Å². The number of thiophene rings is 1. The van der Waals surface area contributed by atoms with Crippen LogP contribution in [0.15, 0.2) is 54.0 Å². The van der Waals surface area contributed by atoms with E-state index in [0.717, 1.165) is 27.8 Å². The zero-order chi connectivity index (χ0) is 22.0. The van der Waals surface area contributed by atoms with Crippen LogP contribution in [0, 0.1) is 5.82 Å². The Labute approximate surface area is 180 Å². The van der Waals surface area contributed by atoms with Gasteiger partial charge in [-0.25, -0.2) is 14.2 Å². The molecule has 3 N–H and O–H groups in total. The number of aliphatic hydroxyl groups is 1. The van der Waals surface area contributed by atoms with Crippen molar-refractivity contribution in [2.24, 2.45) is 0 Å². The third kappa shape index (κ3) is 4.32. The van der Waals surface area contributed by atoms with Crippen molar-refractivity contribution < 1.29 is 23.8 Å². The number of aromatic nitrogens is 2. The molecular formula is C22H18FN3O4S. The van der Waals surface area contributed by atoms with Crippen LogP contribution in [0.25, 0.3) is 33.4 Å². The van der Waals surface area contributed by atoms with E-state index in [1.54, 1.807) is 24.4 Å². The highest BCUT2D eigenvalue weighted by molar-refractivity contribution is 7.12. The second-order valence-corrected chi connectivity index (χ2v) is 7.69. The molecule has 3 heterocycles. The summed E-state index contributed by atoms with van der Waals surface area (Å²) in [7, 11) is 1.19. The van der Waals surface area contributed by atoms with Gasteiger partial charge in [0.05, 0.1) is 18.6 Å². The summed E-state index contributed by atoms with van der Waals surface area (Å²) in [6, 6.07) is 10.6. The monoisotopic (exact) mass is 439 g/mol. The minimum atomic E-state index is -1.12. The molecule has 9 heteroatoms. The molecule has 1 aromatic carbocycles. The Kier molecular flexibility index (Phi) is 5.79. The molecule has 1 atom stereocenters. The highest BCUT2D eigenvalue weighted by atomic mass is 32.1. The Bertz CT molecular complexity index is 1250. The molecule has 0 fully saturated rings. The van der Waals surface area contributed by atoms with Gasteiger partial charge < -0.3 is 20.1 Å². The molecule has 4 aromatic rings. The number of aromatic amines is 1. The number of ether oxygens (including phenoxy) is 1. The molecule has 7 nitrogen and oxygen atoms in total. The Morgan fingerprint density at radius 1 is 1.19 bits per heavy atom. The largest absolute Gasteiger partial charge is 0.467 e. The lowest BCUT2D eigenvalue weighted by molar-refractivity contribution is -0.143. The zero-order valence-electron chi connectivity index (χ0n) is 16.4. The molecule has 0 unspecified atom stereocenters. The van der Waals surface area contributed by atoms with Crippen molar-refractivity contribution in [2.45, 2.75) is 6.04 Å². The van der Waals surface area contributed by atoms with Crippen LogP contribution < -0.4 is 5.32 Å². The predicted molar refractivity (Wildman–Crippen MR) is 115 cm³/mol. The zero-order valence-corrected chi connectivity index (χ0v) is 17.2. The topological polar surface area (TPSA) is 104 Å². The Hall–Kier alpha value is -3.56. The average molecular weight is 439 g/mol. The van der Waals surface area contributed by atoms with E-state index >= 15 is 0 Å². The lowest BCUT2D eigenvalue weighted by atomic mass is 10.1. The van der Waals surface area contributed by atoms with Crippen LogP contribution in [-0.2, 0) is 9.53 Å². The summed E-state index contributed by atoms with van der Waals surface area (Å²) in [5.74, 6) is -1.49. The van der Waals surface area contributed by atoms with Crippen molar-refractivity contribution in [1.82, 2.24) is 15.3 Å². The summed E-state index contributed by atoms with van der Waals surface area (Å²) >= 11 is 1.22. The van der Waals surface area contributed by atoms with Crippen molar-refractivity contribution in [3.63, 3.8) is 0 Å². The minimum Gasteiger partial charge on any atom is -0.467 e. The van der Waals surface area contributed by atoms with Gasteiger partial charge in [0, 0.05) is 22.8 Å². The van der Waals surface area contributed by atoms with Crippen molar-refractivity contribution in [3.8, 4) is 22.4 Å². The first-order valence-electron chi connectivity index (χ1n) is 9.31. The first kappa shape index (κ1) is 20.7. The molecule has 0 bridgehead atoms. The van der Waals surface area contributed by atoms with Crippen LogP contribution in [0.5, 0.6) is 0 Å². The number of carbonyl (C=O) groups is 2. The molecular weight excluding hydrogens is 421 g/mol. The van der Waals surface area contributed by atoms with E-state index in [2.05, 4.69) is 20.0 Å². The first-order chi connectivity index (χ1) is 15.0. The molecule has 158 valence electrons. The van der Waals surface area contributed by atoms with Crippen molar-refractivity contribution in [1.29, 1.82) is 0 Å². The van der Waals surface area contributed by atoms with Gasteiger partial charge in [-0.05, 0) is 59.0 Å². The number of rotatable bonds is 6. The van der Waals surface area contributed by atoms with Crippen LogP contribution in [-0.4, -0.2) is 46.7 Å². The van der Waals surface area contributed by atoms with Crippen LogP contribution >= 0.6 is 11.3 Å². The van der Waals surface area contributed by atoms with Gasteiger partial charge in [-0.2, -0.15) is 0 Å². The number of esters is 1. The van der Waals surface area contributed by atoms with Crippen LogP contribution in [0.1, 0.15) is 9.67 Å². The molecule has 0 aliphatic rings. The maximum absolute atomic E-state index is 13.2. The number of benzene rings is 1. The summed E-state index contributed by atoms with van der Waals surface area (Å²) in [4.78, 5) is 32.0. The summed E-state index contributed by atoms with van der Waals surface area (Å²) < 4.78 is 17.7. The summed E-state index contributed by atoms with van der Waals surface area (Å²) in [6.07, 6.45) is 1.70. The highest BCUT2D eigenvalue weighted by Gasteiger charge is 2.22. The van der Waals surface area contributed by atoms with Gasteiger partial charge in [0.1, 0.15) is 11.5 Å². The van der Waals surface area contributed by atoms with Crippen molar-refractivity contribution in [2.75, 3.05) is 13.7 Å². The van der Waals surface area contributed by atoms with E-state index in [4.69, 9.17) is 0 Å². The SMILES string of the molecule is COC(=O)[C@@H](CO)NC(=O)c1cc(-c2cnc3[nH]c(-c4ccc(F)cc4)cc3c2)cs1.